The fourth-order valence-corrected chi connectivity index (χ4v) is 5.20. The highest BCUT2D eigenvalue weighted by Crippen LogP contribution is 2.35. The number of ether oxygens (including phenoxy) is 1. The lowest BCUT2D eigenvalue weighted by Crippen LogP contribution is -2.34. The van der Waals surface area contributed by atoms with Gasteiger partial charge in [-0.05, 0) is 55.2 Å². The Morgan fingerprint density at radius 3 is 2.58 bits per heavy atom. The molecule has 9 heteroatoms. The van der Waals surface area contributed by atoms with E-state index >= 15 is 0 Å². The summed E-state index contributed by atoms with van der Waals surface area (Å²) in [5.74, 6) is 0.898. The molecular weight excluding hydrogens is 478 g/mol. The van der Waals surface area contributed by atoms with Gasteiger partial charge in [-0.25, -0.2) is 13.4 Å². The van der Waals surface area contributed by atoms with Gasteiger partial charge in [-0.15, -0.1) is 0 Å². The minimum atomic E-state index is -3.28. The first-order valence-corrected chi connectivity index (χ1v) is 13.4. The van der Waals surface area contributed by atoms with Gasteiger partial charge in [0.05, 0.1) is 35.3 Å². The zero-order valence-corrected chi connectivity index (χ0v) is 21.4. The number of sulfone groups is 1. The zero-order chi connectivity index (χ0) is 25.9. The van der Waals surface area contributed by atoms with Crippen molar-refractivity contribution >= 4 is 27.3 Å². The topological polar surface area (TPSA) is 115 Å². The molecule has 8 nitrogen and oxygen atoms in total. The smallest absolute Gasteiger partial charge is 0.229 e. The van der Waals surface area contributed by atoms with E-state index in [2.05, 4.69) is 15.3 Å². The van der Waals surface area contributed by atoms with Gasteiger partial charge in [0.15, 0.2) is 9.84 Å². The number of rotatable bonds is 7. The molecular formula is C27H29N3O5S. The Balaban J connectivity index is 1.46. The molecule has 0 bridgehead atoms. The molecule has 0 radical (unpaired) electrons. The van der Waals surface area contributed by atoms with E-state index in [1.165, 1.54) is 12.1 Å². The third-order valence-corrected chi connectivity index (χ3v) is 8.47. The minimum Gasteiger partial charge on any atom is -0.497 e. The summed E-state index contributed by atoms with van der Waals surface area (Å²) in [7, 11) is -1.70. The molecule has 1 unspecified atom stereocenters. The highest BCUT2D eigenvalue weighted by Gasteiger charge is 2.39. The van der Waals surface area contributed by atoms with E-state index in [1.807, 2.05) is 13.0 Å². The van der Waals surface area contributed by atoms with Crippen molar-refractivity contribution in [2.75, 3.05) is 18.2 Å². The summed E-state index contributed by atoms with van der Waals surface area (Å²) in [4.78, 5) is 35.2. The second-order valence-electron chi connectivity index (χ2n) is 9.09. The summed E-state index contributed by atoms with van der Waals surface area (Å²) in [6.07, 6.45) is 3.07. The number of carbonyl (C=O) groups excluding carboxylic acids is 2. The van der Waals surface area contributed by atoms with Crippen LogP contribution in [-0.4, -0.2) is 42.9 Å². The van der Waals surface area contributed by atoms with Gasteiger partial charge in [-0.1, -0.05) is 25.1 Å². The molecule has 2 aromatic heterocycles. The second-order valence-corrected chi connectivity index (χ2v) is 11.4. The van der Waals surface area contributed by atoms with Crippen molar-refractivity contribution in [3.63, 3.8) is 0 Å². The van der Waals surface area contributed by atoms with Crippen LogP contribution in [0.15, 0.2) is 59.6 Å². The highest BCUT2D eigenvalue weighted by molar-refractivity contribution is 7.91. The summed E-state index contributed by atoms with van der Waals surface area (Å²) in [5.41, 5.74) is 2.23. The van der Waals surface area contributed by atoms with Gasteiger partial charge in [0, 0.05) is 24.4 Å². The number of fused-ring (bicyclic) bond motifs is 1. The Labute approximate surface area is 211 Å². The maximum atomic E-state index is 13.3. The van der Waals surface area contributed by atoms with Gasteiger partial charge in [0.2, 0.25) is 5.91 Å². The Morgan fingerprint density at radius 1 is 1.14 bits per heavy atom. The largest absolute Gasteiger partial charge is 0.497 e. The molecule has 0 saturated heterocycles. The number of nitrogens with zero attached hydrogens (tertiary/aromatic N) is 2. The van der Waals surface area contributed by atoms with Crippen LogP contribution in [-0.2, 0) is 44.1 Å². The molecule has 2 heterocycles. The van der Waals surface area contributed by atoms with E-state index in [1.54, 1.807) is 50.6 Å². The van der Waals surface area contributed by atoms with Crippen LogP contribution in [0.2, 0.25) is 0 Å². The average Bonchev–Trinajstić information content (AvgIpc) is 3.00. The number of carbonyl (C=O) groups is 2. The molecule has 4 rings (SSSR count). The number of Topliss-reactive ketones (excluding diaryl/α,β-unsaturated/α-hetero) is 1. The quantitative estimate of drug-likeness (QED) is 0.487. The monoisotopic (exact) mass is 507 g/mol. The van der Waals surface area contributed by atoms with Crippen LogP contribution in [0, 0.1) is 0 Å². The Morgan fingerprint density at radius 2 is 1.89 bits per heavy atom. The summed E-state index contributed by atoms with van der Waals surface area (Å²) in [5, 5.41) is 2.81. The highest BCUT2D eigenvalue weighted by atomic mass is 32.2. The first-order valence-electron chi connectivity index (χ1n) is 11.8. The maximum absolute atomic E-state index is 13.3. The third kappa shape index (κ3) is 5.31. The van der Waals surface area contributed by atoms with E-state index in [4.69, 9.17) is 4.74 Å². The van der Waals surface area contributed by atoms with E-state index < -0.39 is 15.3 Å². The molecule has 188 valence electrons. The Kier molecular flexibility index (Phi) is 7.21. The molecule has 0 aliphatic heterocycles. The lowest BCUT2D eigenvalue weighted by molar-refractivity contribution is -0.123. The predicted molar refractivity (Wildman–Crippen MR) is 136 cm³/mol. The first kappa shape index (κ1) is 25.5. The lowest BCUT2D eigenvalue weighted by atomic mass is 9.77. The molecule has 1 aliphatic rings. The van der Waals surface area contributed by atoms with Crippen molar-refractivity contribution in [1.82, 2.24) is 9.97 Å². The van der Waals surface area contributed by atoms with Crippen LogP contribution in [0.5, 0.6) is 5.75 Å². The zero-order valence-electron chi connectivity index (χ0n) is 20.6. The van der Waals surface area contributed by atoms with Crippen LogP contribution in [0.3, 0.4) is 0 Å². The fraction of sp³-hybridized carbons (Fsp3) is 0.333. The number of methoxy groups -OCH3 is 1. The number of pyridine rings is 2. The van der Waals surface area contributed by atoms with Crippen LogP contribution in [0.25, 0.3) is 0 Å². The summed E-state index contributed by atoms with van der Waals surface area (Å²) in [6, 6.07) is 13.4. The molecule has 0 spiro atoms. The number of amides is 1. The number of hydrogen-bond acceptors (Lipinski definition) is 7. The number of aryl methyl sites for hydroxylation is 1. The van der Waals surface area contributed by atoms with Crippen molar-refractivity contribution < 1.29 is 22.7 Å². The number of nitrogens with one attached hydrogen (secondary N) is 1. The summed E-state index contributed by atoms with van der Waals surface area (Å²) >= 11 is 0. The predicted octanol–water partition coefficient (Wildman–Crippen LogP) is 3.48. The van der Waals surface area contributed by atoms with Crippen LogP contribution in [0.4, 0.5) is 5.82 Å². The molecule has 1 atom stereocenters. The number of anilines is 1. The van der Waals surface area contributed by atoms with Gasteiger partial charge < -0.3 is 10.1 Å². The molecule has 0 saturated carbocycles. The standard InChI is InChI=1S/C27H29N3O5S/c1-4-36(33,34)21-8-5-18(6-9-21)15-26(32)30-25-10-7-19-16-24(31)27(2,13-11-22(19)29-25)23-17-20(35-3)12-14-28-23/h5-10,12,14,17H,4,11,13,15-16H2,1-3H3,(H,29,30,32). The SMILES string of the molecule is CCS(=O)(=O)c1ccc(CC(=O)Nc2ccc3c(n2)CCC(C)(c2cc(OC)ccn2)C(=O)C3)cc1. The third-order valence-electron chi connectivity index (χ3n) is 6.72. The number of aromatic nitrogens is 2. The molecule has 1 aromatic carbocycles. The molecule has 36 heavy (non-hydrogen) atoms. The van der Waals surface area contributed by atoms with E-state index in [0.717, 1.165) is 11.3 Å². The summed E-state index contributed by atoms with van der Waals surface area (Å²) < 4.78 is 29.2. The van der Waals surface area contributed by atoms with E-state index in [0.29, 0.717) is 35.7 Å². The van der Waals surface area contributed by atoms with Gasteiger partial charge in [-0.2, -0.15) is 0 Å². The first-order chi connectivity index (χ1) is 17.1. The Bertz CT molecular complexity index is 1400. The van der Waals surface area contributed by atoms with Crippen molar-refractivity contribution in [2.24, 2.45) is 0 Å². The number of ketones is 1. The molecule has 3 aromatic rings. The maximum Gasteiger partial charge on any atom is 0.229 e. The van der Waals surface area contributed by atoms with E-state index in [-0.39, 0.29) is 35.2 Å². The minimum absolute atomic E-state index is 0.0254. The average molecular weight is 508 g/mol. The van der Waals surface area contributed by atoms with Crippen molar-refractivity contribution in [2.45, 2.75) is 49.8 Å². The van der Waals surface area contributed by atoms with Crippen molar-refractivity contribution in [3.05, 3.63) is 77.2 Å². The van der Waals surface area contributed by atoms with Crippen LogP contribution in [0.1, 0.15) is 42.8 Å². The van der Waals surface area contributed by atoms with E-state index in [9.17, 15) is 18.0 Å². The molecule has 1 N–H and O–H groups in total. The van der Waals surface area contributed by atoms with Crippen LogP contribution >= 0.6 is 0 Å². The Hall–Kier alpha value is -3.59. The molecule has 1 aliphatic carbocycles. The van der Waals surface area contributed by atoms with Gasteiger partial charge in [0.25, 0.3) is 0 Å². The normalized spacial score (nSPS) is 17.7. The van der Waals surface area contributed by atoms with Crippen molar-refractivity contribution in [3.8, 4) is 5.75 Å². The second kappa shape index (κ2) is 10.2. The molecule has 1 amide bonds. The molecule has 0 fully saturated rings. The van der Waals surface area contributed by atoms with Crippen molar-refractivity contribution in [1.29, 1.82) is 0 Å². The lowest BCUT2D eigenvalue weighted by Gasteiger charge is -2.26. The summed E-state index contributed by atoms with van der Waals surface area (Å²) in [6.45, 7) is 3.50. The van der Waals surface area contributed by atoms with Gasteiger partial charge in [-0.3, -0.25) is 14.6 Å². The number of benzene rings is 1. The fourth-order valence-electron chi connectivity index (χ4n) is 4.32. The van der Waals surface area contributed by atoms with Gasteiger partial charge in [0.1, 0.15) is 17.4 Å². The van der Waals surface area contributed by atoms with Crippen LogP contribution < -0.4 is 10.1 Å². The van der Waals surface area contributed by atoms with Gasteiger partial charge >= 0.3 is 0 Å². The number of hydrogen-bond donors (Lipinski definition) is 1.